The van der Waals surface area contributed by atoms with Gasteiger partial charge in [0, 0.05) is 6.92 Å². The van der Waals surface area contributed by atoms with Crippen LogP contribution in [0, 0.1) is 13.8 Å². The van der Waals surface area contributed by atoms with Gasteiger partial charge in [-0.15, -0.1) is 0 Å². The number of amides is 1. The highest BCUT2D eigenvalue weighted by atomic mass is 16.5. The smallest absolute Gasteiger partial charge is 0.217 e. The van der Waals surface area contributed by atoms with E-state index in [-0.39, 0.29) is 11.9 Å². The molecule has 1 amide bonds. The zero-order chi connectivity index (χ0) is 18.7. The topological polar surface area (TPSA) is 56.2 Å². The zero-order valence-electron chi connectivity index (χ0n) is 15.7. The summed E-state index contributed by atoms with van der Waals surface area (Å²) >= 11 is 0. The van der Waals surface area contributed by atoms with Gasteiger partial charge in [0.15, 0.2) is 0 Å². The number of fused-ring (bicyclic) bond motifs is 1. The second-order valence-corrected chi connectivity index (χ2v) is 6.65. The first kappa shape index (κ1) is 18.0. The van der Waals surface area contributed by atoms with E-state index in [9.17, 15) is 4.79 Å². The number of hydrogen-bond donors (Lipinski definition) is 1. The SMILES string of the molecule is CC(=O)NC(C)c1nc2ccccc2n1CCOc1cc(C)ccc1C. The number of nitrogens with zero attached hydrogens (tertiary/aromatic N) is 2. The first-order valence-corrected chi connectivity index (χ1v) is 8.88. The predicted molar refractivity (Wildman–Crippen MR) is 103 cm³/mol. The molecule has 0 spiro atoms. The molecule has 1 unspecified atom stereocenters. The molecule has 136 valence electrons. The Kier molecular flexibility index (Phi) is 5.26. The third-order valence-electron chi connectivity index (χ3n) is 4.41. The highest BCUT2D eigenvalue weighted by Crippen LogP contribution is 2.22. The third kappa shape index (κ3) is 3.87. The fraction of sp³-hybridized carbons (Fsp3) is 0.333. The maximum atomic E-state index is 11.4. The molecular formula is C21H25N3O2. The van der Waals surface area contributed by atoms with Crippen molar-refractivity contribution >= 4 is 16.9 Å². The summed E-state index contributed by atoms with van der Waals surface area (Å²) in [5.41, 5.74) is 4.27. The second kappa shape index (κ2) is 7.60. The lowest BCUT2D eigenvalue weighted by atomic mass is 10.1. The Morgan fingerprint density at radius 3 is 2.77 bits per heavy atom. The van der Waals surface area contributed by atoms with Crippen LogP contribution in [0.25, 0.3) is 11.0 Å². The highest BCUT2D eigenvalue weighted by Gasteiger charge is 2.17. The fourth-order valence-corrected chi connectivity index (χ4v) is 3.14. The van der Waals surface area contributed by atoms with Crippen LogP contribution in [-0.4, -0.2) is 22.1 Å². The van der Waals surface area contributed by atoms with Crippen molar-refractivity contribution in [3.63, 3.8) is 0 Å². The number of carbonyl (C=O) groups excluding carboxylic acids is 1. The van der Waals surface area contributed by atoms with Gasteiger partial charge in [-0.25, -0.2) is 4.98 Å². The van der Waals surface area contributed by atoms with Gasteiger partial charge in [0.1, 0.15) is 18.2 Å². The minimum atomic E-state index is -0.166. The quantitative estimate of drug-likeness (QED) is 0.732. The standard InChI is InChI=1S/C21H25N3O2/c1-14-9-10-15(2)20(13-14)26-12-11-24-19-8-6-5-7-18(19)23-21(24)16(3)22-17(4)25/h5-10,13,16H,11-12H2,1-4H3,(H,22,25). The first-order valence-electron chi connectivity index (χ1n) is 8.88. The van der Waals surface area contributed by atoms with Crippen molar-refractivity contribution in [1.29, 1.82) is 0 Å². The number of hydrogen-bond acceptors (Lipinski definition) is 3. The van der Waals surface area contributed by atoms with Crippen LogP contribution in [0.5, 0.6) is 5.75 Å². The Bertz CT molecular complexity index is 930. The Labute approximate surface area is 154 Å². The molecular weight excluding hydrogens is 326 g/mol. The van der Waals surface area contributed by atoms with E-state index in [1.807, 2.05) is 38.1 Å². The zero-order valence-corrected chi connectivity index (χ0v) is 15.7. The van der Waals surface area contributed by atoms with E-state index in [1.165, 1.54) is 12.5 Å². The Morgan fingerprint density at radius 2 is 2.00 bits per heavy atom. The summed E-state index contributed by atoms with van der Waals surface area (Å²) in [6.07, 6.45) is 0. The van der Waals surface area contributed by atoms with Crippen LogP contribution in [0.4, 0.5) is 0 Å². The molecule has 0 fully saturated rings. The first-order chi connectivity index (χ1) is 12.5. The van der Waals surface area contributed by atoms with Gasteiger partial charge in [-0.05, 0) is 50.1 Å². The van der Waals surface area contributed by atoms with Crippen molar-refractivity contribution in [2.75, 3.05) is 6.61 Å². The Balaban J connectivity index is 1.83. The van der Waals surface area contributed by atoms with Crippen LogP contribution in [-0.2, 0) is 11.3 Å². The van der Waals surface area contributed by atoms with Crippen molar-refractivity contribution in [2.24, 2.45) is 0 Å². The summed E-state index contributed by atoms with van der Waals surface area (Å²) in [6.45, 7) is 8.77. The summed E-state index contributed by atoms with van der Waals surface area (Å²) in [6, 6.07) is 14.0. The van der Waals surface area contributed by atoms with E-state index in [0.717, 1.165) is 28.2 Å². The number of carbonyl (C=O) groups is 1. The van der Waals surface area contributed by atoms with Gasteiger partial charge >= 0.3 is 0 Å². The molecule has 0 bridgehead atoms. The average Bonchev–Trinajstić information content (AvgIpc) is 2.96. The van der Waals surface area contributed by atoms with E-state index in [1.54, 1.807) is 0 Å². The van der Waals surface area contributed by atoms with Gasteiger partial charge in [0.25, 0.3) is 0 Å². The number of nitrogens with one attached hydrogen (secondary N) is 1. The van der Waals surface area contributed by atoms with Gasteiger partial charge in [-0.2, -0.15) is 0 Å². The molecule has 3 aromatic rings. The van der Waals surface area contributed by atoms with E-state index in [0.29, 0.717) is 13.2 Å². The number of aromatic nitrogens is 2. The number of benzene rings is 2. The van der Waals surface area contributed by atoms with Gasteiger partial charge < -0.3 is 14.6 Å². The normalized spacial score (nSPS) is 12.2. The minimum absolute atomic E-state index is 0.0669. The highest BCUT2D eigenvalue weighted by molar-refractivity contribution is 5.77. The largest absolute Gasteiger partial charge is 0.491 e. The second-order valence-electron chi connectivity index (χ2n) is 6.65. The summed E-state index contributed by atoms with van der Waals surface area (Å²) in [7, 11) is 0. The van der Waals surface area contributed by atoms with Gasteiger partial charge in [-0.1, -0.05) is 24.3 Å². The average molecular weight is 351 g/mol. The van der Waals surface area contributed by atoms with Crippen molar-refractivity contribution in [1.82, 2.24) is 14.9 Å². The van der Waals surface area contributed by atoms with Crippen LogP contribution in [0.15, 0.2) is 42.5 Å². The minimum Gasteiger partial charge on any atom is -0.491 e. The van der Waals surface area contributed by atoms with Crippen LogP contribution >= 0.6 is 0 Å². The van der Waals surface area contributed by atoms with Gasteiger partial charge in [0.2, 0.25) is 5.91 Å². The lowest BCUT2D eigenvalue weighted by Gasteiger charge is -2.16. The van der Waals surface area contributed by atoms with Crippen LogP contribution in [0.2, 0.25) is 0 Å². The number of ether oxygens (including phenoxy) is 1. The van der Waals surface area contributed by atoms with Crippen LogP contribution < -0.4 is 10.1 Å². The number of para-hydroxylation sites is 2. The van der Waals surface area contributed by atoms with Crippen molar-refractivity contribution in [3.8, 4) is 5.75 Å². The molecule has 1 heterocycles. The van der Waals surface area contributed by atoms with E-state index < -0.39 is 0 Å². The third-order valence-corrected chi connectivity index (χ3v) is 4.41. The van der Waals surface area contributed by atoms with Gasteiger partial charge in [-0.3, -0.25) is 4.79 Å². The number of imidazole rings is 1. The number of rotatable bonds is 6. The molecule has 1 aromatic heterocycles. The van der Waals surface area contributed by atoms with E-state index >= 15 is 0 Å². The van der Waals surface area contributed by atoms with Crippen molar-refractivity contribution < 1.29 is 9.53 Å². The van der Waals surface area contributed by atoms with Crippen LogP contribution in [0.1, 0.15) is 36.8 Å². The Morgan fingerprint density at radius 1 is 1.23 bits per heavy atom. The van der Waals surface area contributed by atoms with Crippen molar-refractivity contribution in [3.05, 3.63) is 59.4 Å². The molecule has 0 radical (unpaired) electrons. The lowest BCUT2D eigenvalue weighted by molar-refractivity contribution is -0.119. The number of aryl methyl sites for hydroxylation is 2. The van der Waals surface area contributed by atoms with E-state index in [4.69, 9.17) is 9.72 Å². The monoisotopic (exact) mass is 351 g/mol. The molecule has 0 aliphatic carbocycles. The van der Waals surface area contributed by atoms with Crippen molar-refractivity contribution in [2.45, 2.75) is 40.3 Å². The Hall–Kier alpha value is -2.82. The molecule has 1 N–H and O–H groups in total. The molecule has 5 nitrogen and oxygen atoms in total. The molecule has 0 aliphatic rings. The van der Waals surface area contributed by atoms with E-state index in [2.05, 4.69) is 35.0 Å². The molecule has 1 atom stereocenters. The lowest BCUT2D eigenvalue weighted by Crippen LogP contribution is -2.27. The van der Waals surface area contributed by atoms with Crippen LogP contribution in [0.3, 0.4) is 0 Å². The molecule has 5 heteroatoms. The molecule has 26 heavy (non-hydrogen) atoms. The maximum absolute atomic E-state index is 11.4. The summed E-state index contributed by atoms with van der Waals surface area (Å²) in [5.74, 6) is 1.68. The summed E-state index contributed by atoms with van der Waals surface area (Å²) in [4.78, 5) is 16.2. The molecule has 0 aliphatic heterocycles. The maximum Gasteiger partial charge on any atom is 0.217 e. The molecule has 3 rings (SSSR count). The summed E-state index contributed by atoms with van der Waals surface area (Å²) < 4.78 is 8.15. The molecule has 0 saturated heterocycles. The van der Waals surface area contributed by atoms with Gasteiger partial charge in [0.05, 0.1) is 23.6 Å². The predicted octanol–water partition coefficient (Wildman–Crippen LogP) is 3.93. The molecule has 2 aromatic carbocycles. The fourth-order valence-electron chi connectivity index (χ4n) is 3.14. The summed E-state index contributed by atoms with van der Waals surface area (Å²) in [5, 5.41) is 2.92. The molecule has 0 saturated carbocycles.